The van der Waals surface area contributed by atoms with Gasteiger partial charge in [0.2, 0.25) is 0 Å². The molecule has 1 saturated carbocycles. The molecule has 1 aliphatic rings. The second kappa shape index (κ2) is 5.55. The van der Waals surface area contributed by atoms with Crippen LogP contribution in [0.1, 0.15) is 38.5 Å². The Morgan fingerprint density at radius 1 is 1.17 bits per heavy atom. The first-order valence-electron chi connectivity index (χ1n) is 5.10. The fraction of sp³-hybridized carbons (Fsp3) is 1.00. The summed E-state index contributed by atoms with van der Waals surface area (Å²) in [6, 6.07) is 0. The van der Waals surface area contributed by atoms with Crippen LogP contribution in [0.3, 0.4) is 0 Å². The third kappa shape index (κ3) is 2.76. The zero-order chi connectivity index (χ0) is 8.81. The van der Waals surface area contributed by atoms with Crippen LogP contribution in [0.25, 0.3) is 0 Å². The van der Waals surface area contributed by atoms with Crippen molar-refractivity contribution < 1.29 is 10.2 Å². The summed E-state index contributed by atoms with van der Waals surface area (Å²) in [7, 11) is 0. The maximum absolute atomic E-state index is 9.10. The largest absolute Gasteiger partial charge is 0.396 e. The molecule has 0 aromatic rings. The summed E-state index contributed by atoms with van der Waals surface area (Å²) in [5.41, 5.74) is 0. The first-order valence-corrected chi connectivity index (χ1v) is 5.10. The molecule has 0 heterocycles. The molecule has 1 aliphatic carbocycles. The Morgan fingerprint density at radius 3 is 2.33 bits per heavy atom. The summed E-state index contributed by atoms with van der Waals surface area (Å²) in [6.45, 7) is 0.638. The maximum atomic E-state index is 9.10. The van der Waals surface area contributed by atoms with Gasteiger partial charge in [-0.25, -0.2) is 0 Å². The highest BCUT2D eigenvalue weighted by Crippen LogP contribution is 2.35. The van der Waals surface area contributed by atoms with Crippen LogP contribution < -0.4 is 0 Å². The van der Waals surface area contributed by atoms with Crippen molar-refractivity contribution in [3.05, 3.63) is 0 Å². The van der Waals surface area contributed by atoms with Crippen molar-refractivity contribution in [1.82, 2.24) is 0 Å². The van der Waals surface area contributed by atoms with E-state index in [-0.39, 0.29) is 0 Å². The quantitative estimate of drug-likeness (QED) is 0.597. The van der Waals surface area contributed by atoms with Crippen LogP contribution >= 0.6 is 0 Å². The molecule has 0 radical (unpaired) electrons. The Balaban J connectivity index is 2.07. The van der Waals surface area contributed by atoms with Gasteiger partial charge in [-0.05, 0) is 24.7 Å². The second-order valence-corrected chi connectivity index (χ2v) is 3.85. The predicted octanol–water partition coefficient (Wildman–Crippen LogP) is 1.56. The van der Waals surface area contributed by atoms with Crippen LogP contribution in [0.2, 0.25) is 0 Å². The molecule has 0 aromatic carbocycles. The van der Waals surface area contributed by atoms with Gasteiger partial charge in [0, 0.05) is 13.2 Å². The molecule has 12 heavy (non-hydrogen) atoms. The smallest absolute Gasteiger partial charge is 0.0461 e. The summed E-state index contributed by atoms with van der Waals surface area (Å²) in [6.07, 6.45) is 7.03. The van der Waals surface area contributed by atoms with Gasteiger partial charge in [-0.2, -0.15) is 0 Å². The van der Waals surface area contributed by atoms with Gasteiger partial charge < -0.3 is 10.2 Å². The molecule has 0 bridgehead atoms. The molecule has 2 heteroatoms. The van der Waals surface area contributed by atoms with Crippen molar-refractivity contribution in [2.45, 2.75) is 38.5 Å². The van der Waals surface area contributed by atoms with Crippen LogP contribution in [0.4, 0.5) is 0 Å². The zero-order valence-electron chi connectivity index (χ0n) is 7.71. The lowest BCUT2D eigenvalue weighted by molar-refractivity contribution is 0.112. The van der Waals surface area contributed by atoms with Crippen LogP contribution in [-0.4, -0.2) is 23.4 Å². The van der Waals surface area contributed by atoms with E-state index < -0.39 is 0 Å². The average Bonchev–Trinajstić information content (AvgIpc) is 1.99. The minimum absolute atomic E-state index is 0.294. The van der Waals surface area contributed by atoms with E-state index >= 15 is 0 Å². The Morgan fingerprint density at radius 2 is 1.92 bits per heavy atom. The fourth-order valence-corrected chi connectivity index (χ4v) is 1.91. The van der Waals surface area contributed by atoms with Crippen molar-refractivity contribution in [3.8, 4) is 0 Å². The predicted molar refractivity (Wildman–Crippen MR) is 48.9 cm³/mol. The number of rotatable bonds is 6. The lowest BCUT2D eigenvalue weighted by Crippen LogP contribution is -2.24. The van der Waals surface area contributed by atoms with E-state index in [9.17, 15) is 0 Å². The van der Waals surface area contributed by atoms with E-state index in [0.717, 1.165) is 25.2 Å². The van der Waals surface area contributed by atoms with Crippen LogP contribution in [0, 0.1) is 11.8 Å². The van der Waals surface area contributed by atoms with Gasteiger partial charge in [-0.1, -0.05) is 25.7 Å². The van der Waals surface area contributed by atoms with Crippen LogP contribution in [0.5, 0.6) is 0 Å². The zero-order valence-corrected chi connectivity index (χ0v) is 7.71. The maximum Gasteiger partial charge on any atom is 0.0461 e. The van der Waals surface area contributed by atoms with E-state index in [1.54, 1.807) is 0 Å². The molecular formula is C10H20O2. The first-order chi connectivity index (χ1) is 5.88. The fourth-order valence-electron chi connectivity index (χ4n) is 1.91. The number of aliphatic hydroxyl groups is 2. The highest BCUT2D eigenvalue weighted by molar-refractivity contribution is 4.77. The molecule has 0 amide bonds. The topological polar surface area (TPSA) is 40.5 Å². The molecule has 72 valence electrons. The monoisotopic (exact) mass is 172 g/mol. The van der Waals surface area contributed by atoms with Crippen LogP contribution in [0.15, 0.2) is 0 Å². The Labute approximate surface area is 74.6 Å². The Bertz CT molecular complexity index is 110. The van der Waals surface area contributed by atoms with Crippen molar-refractivity contribution in [1.29, 1.82) is 0 Å². The molecule has 0 saturated heterocycles. The number of unbranched alkanes of at least 4 members (excludes halogenated alkanes) is 1. The second-order valence-electron chi connectivity index (χ2n) is 3.85. The molecule has 0 aromatic heterocycles. The van der Waals surface area contributed by atoms with E-state index in [1.165, 1.54) is 19.3 Å². The van der Waals surface area contributed by atoms with E-state index in [1.807, 2.05) is 0 Å². The van der Waals surface area contributed by atoms with Gasteiger partial charge >= 0.3 is 0 Å². The van der Waals surface area contributed by atoms with Gasteiger partial charge in [-0.15, -0.1) is 0 Å². The summed E-state index contributed by atoms with van der Waals surface area (Å²) in [5, 5.41) is 17.7. The Hall–Kier alpha value is -0.0800. The summed E-state index contributed by atoms with van der Waals surface area (Å²) < 4.78 is 0. The van der Waals surface area contributed by atoms with E-state index in [4.69, 9.17) is 10.2 Å². The third-order valence-electron chi connectivity index (χ3n) is 3.03. The number of hydrogen-bond acceptors (Lipinski definition) is 2. The molecule has 1 rings (SSSR count). The van der Waals surface area contributed by atoms with Gasteiger partial charge in [0.05, 0.1) is 0 Å². The summed E-state index contributed by atoms with van der Waals surface area (Å²) in [4.78, 5) is 0. The molecule has 1 atom stereocenters. The standard InChI is InChI=1S/C10H20O2/c11-7-2-1-4-10(8-12)9-5-3-6-9/h9-12H,1-8H2. The molecule has 0 spiro atoms. The lowest BCUT2D eigenvalue weighted by Gasteiger charge is -2.32. The van der Waals surface area contributed by atoms with E-state index in [0.29, 0.717) is 19.1 Å². The van der Waals surface area contributed by atoms with Crippen molar-refractivity contribution in [2.75, 3.05) is 13.2 Å². The highest BCUT2D eigenvalue weighted by atomic mass is 16.3. The molecule has 0 aliphatic heterocycles. The first kappa shape index (κ1) is 10.0. The minimum Gasteiger partial charge on any atom is -0.396 e. The summed E-state index contributed by atoms with van der Waals surface area (Å²) in [5.74, 6) is 1.30. The SMILES string of the molecule is OCCCCC(CO)C1CCC1. The van der Waals surface area contributed by atoms with Gasteiger partial charge in [0.15, 0.2) is 0 Å². The molecule has 1 fully saturated rings. The van der Waals surface area contributed by atoms with Crippen LogP contribution in [-0.2, 0) is 0 Å². The summed E-state index contributed by atoms with van der Waals surface area (Å²) >= 11 is 0. The van der Waals surface area contributed by atoms with Gasteiger partial charge in [-0.3, -0.25) is 0 Å². The number of hydrogen-bond donors (Lipinski definition) is 2. The molecule has 2 nitrogen and oxygen atoms in total. The molecular weight excluding hydrogens is 152 g/mol. The van der Waals surface area contributed by atoms with Crippen molar-refractivity contribution in [3.63, 3.8) is 0 Å². The number of aliphatic hydroxyl groups excluding tert-OH is 2. The van der Waals surface area contributed by atoms with Gasteiger partial charge in [0.25, 0.3) is 0 Å². The highest BCUT2D eigenvalue weighted by Gasteiger charge is 2.25. The minimum atomic E-state index is 0.294. The average molecular weight is 172 g/mol. The Kier molecular flexibility index (Phi) is 4.62. The van der Waals surface area contributed by atoms with E-state index in [2.05, 4.69) is 0 Å². The molecule has 2 N–H and O–H groups in total. The normalized spacial score (nSPS) is 20.5. The third-order valence-corrected chi connectivity index (χ3v) is 3.03. The van der Waals surface area contributed by atoms with Gasteiger partial charge in [0.1, 0.15) is 0 Å². The van der Waals surface area contributed by atoms with Crippen molar-refractivity contribution >= 4 is 0 Å². The van der Waals surface area contributed by atoms with Crippen molar-refractivity contribution in [2.24, 2.45) is 11.8 Å². The molecule has 1 unspecified atom stereocenters. The lowest BCUT2D eigenvalue weighted by atomic mass is 9.74.